The fraction of sp³-hybridized carbons (Fsp3) is 0.580. The van der Waals surface area contributed by atoms with E-state index in [1.165, 1.54) is 0 Å². The third-order valence-corrected chi connectivity index (χ3v) is 11.9. The summed E-state index contributed by atoms with van der Waals surface area (Å²) in [6.07, 6.45) is -0.859. The van der Waals surface area contributed by atoms with Crippen LogP contribution in [0.3, 0.4) is 0 Å². The van der Waals surface area contributed by atoms with E-state index in [9.17, 15) is 19.5 Å². The molecule has 0 unspecified atom stereocenters. The maximum absolute atomic E-state index is 13.1. The first-order chi connectivity index (χ1) is 33.8. The Morgan fingerprint density at radius 2 is 0.638 bits per heavy atom. The zero-order valence-electron chi connectivity index (χ0n) is 40.1. The number of carbonyl (C=O) groups excluding carboxylic acids is 3. The van der Waals surface area contributed by atoms with Crippen LogP contribution in [0.5, 0.6) is 0 Å². The Labute approximate surface area is 404 Å². The summed E-state index contributed by atoms with van der Waals surface area (Å²) in [5, 5.41) is 11.0. The highest BCUT2D eigenvalue weighted by Gasteiger charge is 2.61. The molecular formula is C50H69N3O16. The topological polar surface area (TPSA) is 192 Å². The van der Waals surface area contributed by atoms with Crippen molar-refractivity contribution >= 4 is 17.9 Å². The van der Waals surface area contributed by atoms with Gasteiger partial charge in [0.15, 0.2) is 0 Å². The summed E-state index contributed by atoms with van der Waals surface area (Å²) in [5.74, 6) is -1.38. The van der Waals surface area contributed by atoms with E-state index in [0.717, 1.165) is 16.7 Å². The number of rotatable bonds is 34. The second-order valence-corrected chi connectivity index (χ2v) is 16.7. The molecule has 19 heteroatoms. The molecular weight excluding hydrogens is 899 g/mol. The summed E-state index contributed by atoms with van der Waals surface area (Å²) >= 11 is 0. The third-order valence-electron chi connectivity index (χ3n) is 11.9. The number of aliphatic hydroxyl groups excluding tert-OH is 1. The summed E-state index contributed by atoms with van der Waals surface area (Å²) in [7, 11) is 4.84. The van der Waals surface area contributed by atoms with E-state index < -0.39 is 23.3 Å². The van der Waals surface area contributed by atoms with E-state index in [4.69, 9.17) is 56.8 Å². The van der Waals surface area contributed by atoms with Gasteiger partial charge in [-0.3, -0.25) is 14.7 Å². The Kier molecular flexibility index (Phi) is 22.7. The average Bonchev–Trinajstić information content (AvgIpc) is 3.37. The van der Waals surface area contributed by atoms with Gasteiger partial charge in [0.25, 0.3) is 0 Å². The number of benzene rings is 3. The molecule has 380 valence electrons. The number of esters is 3. The minimum absolute atomic E-state index is 0.0251. The standard InChI is InChI=1S/C50H69N3O16/c1-58-16-19-61-22-25-64-28-31-67-47(55)41-10-4-38(5-11-41)44-51-34-50(37-54)35-52(44)46(40-8-14-43(15-9-40)49(57)69-33-30-66-27-24-63-21-18-60-3)53(36-50)45(51)39-6-12-42(13-7-39)48(56)68-32-29-65-26-23-62-20-17-59-2/h4-15,44-46,54H,16-37H2,1-3H3. The van der Waals surface area contributed by atoms with Gasteiger partial charge in [-0.1, -0.05) is 36.4 Å². The zero-order valence-corrected chi connectivity index (χ0v) is 40.1. The van der Waals surface area contributed by atoms with Gasteiger partial charge in [-0.15, -0.1) is 0 Å². The second kappa shape index (κ2) is 29.0. The van der Waals surface area contributed by atoms with Crippen molar-refractivity contribution in [3.05, 3.63) is 106 Å². The largest absolute Gasteiger partial charge is 0.460 e. The van der Waals surface area contributed by atoms with Gasteiger partial charge in [0.05, 0.1) is 141 Å². The number of aliphatic hydroxyl groups is 1. The van der Waals surface area contributed by atoms with Crippen LogP contribution >= 0.6 is 0 Å². The molecule has 0 amide bonds. The molecule has 4 bridgehead atoms. The molecule has 19 nitrogen and oxygen atoms in total. The second-order valence-electron chi connectivity index (χ2n) is 16.7. The lowest BCUT2D eigenvalue weighted by molar-refractivity contribution is -0.291. The maximum atomic E-state index is 13.1. The normalized spacial score (nSPS) is 22.4. The molecule has 4 aliphatic heterocycles. The molecule has 4 heterocycles. The van der Waals surface area contributed by atoms with Crippen LogP contribution in [0.2, 0.25) is 0 Å². The first-order valence-electron chi connectivity index (χ1n) is 23.5. The van der Waals surface area contributed by atoms with Crippen LogP contribution in [0, 0.1) is 5.41 Å². The van der Waals surface area contributed by atoms with Gasteiger partial charge in [0.1, 0.15) is 19.8 Å². The molecule has 4 fully saturated rings. The summed E-state index contributed by atoms with van der Waals surface area (Å²) in [5.41, 5.74) is 3.59. The molecule has 69 heavy (non-hydrogen) atoms. The number of nitrogens with zero attached hydrogens (tertiary/aromatic N) is 3. The molecule has 0 radical (unpaired) electrons. The van der Waals surface area contributed by atoms with E-state index in [1.807, 2.05) is 36.4 Å². The molecule has 0 atom stereocenters. The average molecular weight is 968 g/mol. The van der Waals surface area contributed by atoms with Gasteiger partial charge in [-0.25, -0.2) is 14.4 Å². The highest BCUT2D eigenvalue weighted by molar-refractivity contribution is 5.90. The number of hydrogen-bond acceptors (Lipinski definition) is 19. The predicted molar refractivity (Wildman–Crippen MR) is 249 cm³/mol. The van der Waals surface area contributed by atoms with Gasteiger partial charge in [-0.2, -0.15) is 0 Å². The molecule has 4 saturated heterocycles. The summed E-state index contributed by atoms with van der Waals surface area (Å²) in [6, 6.07) is 22.3. The monoisotopic (exact) mass is 967 g/mol. The molecule has 3 aromatic rings. The number of methoxy groups -OCH3 is 3. The van der Waals surface area contributed by atoms with Gasteiger partial charge < -0.3 is 61.9 Å². The van der Waals surface area contributed by atoms with Crippen molar-refractivity contribution in [3.63, 3.8) is 0 Å². The Morgan fingerprint density at radius 3 is 0.870 bits per heavy atom. The van der Waals surface area contributed by atoms with Crippen molar-refractivity contribution in [2.75, 3.05) is 166 Å². The number of carbonyl (C=O) groups is 3. The Hall–Kier alpha value is -4.45. The summed E-state index contributed by atoms with van der Waals surface area (Å²) < 4.78 is 64.2. The van der Waals surface area contributed by atoms with Crippen LogP contribution in [0.15, 0.2) is 72.8 Å². The first kappa shape index (κ1) is 53.9. The van der Waals surface area contributed by atoms with Crippen molar-refractivity contribution in [1.29, 1.82) is 0 Å². The van der Waals surface area contributed by atoms with Crippen molar-refractivity contribution < 1.29 is 76.3 Å². The number of ether oxygens (including phenoxy) is 12. The van der Waals surface area contributed by atoms with E-state index in [-0.39, 0.29) is 64.7 Å². The summed E-state index contributed by atoms with van der Waals surface area (Å²) in [6.45, 7) is 8.12. The fourth-order valence-electron chi connectivity index (χ4n) is 8.70. The van der Waals surface area contributed by atoms with Crippen molar-refractivity contribution in [2.24, 2.45) is 5.41 Å². The van der Waals surface area contributed by atoms with Crippen molar-refractivity contribution in [2.45, 2.75) is 18.5 Å². The van der Waals surface area contributed by atoms with Gasteiger partial charge in [0, 0.05) is 46.4 Å². The van der Waals surface area contributed by atoms with Gasteiger partial charge >= 0.3 is 17.9 Å². The maximum Gasteiger partial charge on any atom is 0.338 e. The van der Waals surface area contributed by atoms with Crippen LogP contribution in [-0.4, -0.2) is 204 Å². The van der Waals surface area contributed by atoms with E-state index in [0.29, 0.717) is 116 Å². The fourth-order valence-corrected chi connectivity index (χ4v) is 8.70. The smallest absolute Gasteiger partial charge is 0.338 e. The molecule has 7 rings (SSSR count). The third kappa shape index (κ3) is 15.5. The summed E-state index contributed by atoms with van der Waals surface area (Å²) in [4.78, 5) is 46.4. The van der Waals surface area contributed by atoms with E-state index in [2.05, 4.69) is 14.7 Å². The first-order valence-corrected chi connectivity index (χ1v) is 23.5. The molecule has 4 aliphatic rings. The van der Waals surface area contributed by atoms with E-state index in [1.54, 1.807) is 57.7 Å². The lowest BCUT2D eigenvalue weighted by Gasteiger charge is -2.70. The molecule has 3 aromatic carbocycles. The van der Waals surface area contributed by atoms with Crippen molar-refractivity contribution in [3.8, 4) is 0 Å². The Bertz CT molecular complexity index is 1740. The predicted octanol–water partition coefficient (Wildman–Crippen LogP) is 3.52. The molecule has 1 N–H and O–H groups in total. The van der Waals surface area contributed by atoms with Crippen LogP contribution in [0.1, 0.15) is 66.3 Å². The minimum atomic E-state index is -0.461. The molecule has 0 spiro atoms. The van der Waals surface area contributed by atoms with Crippen LogP contribution < -0.4 is 0 Å². The Balaban J connectivity index is 1.16. The quantitative estimate of drug-likeness (QED) is 0.0519. The van der Waals surface area contributed by atoms with Crippen LogP contribution in [0.25, 0.3) is 0 Å². The zero-order chi connectivity index (χ0) is 48.7. The minimum Gasteiger partial charge on any atom is -0.460 e. The lowest BCUT2D eigenvalue weighted by atomic mass is 9.76. The van der Waals surface area contributed by atoms with Crippen LogP contribution in [-0.2, 0) is 56.8 Å². The lowest BCUT2D eigenvalue weighted by Crippen LogP contribution is -2.75. The SMILES string of the molecule is COCCOCCOCCOC(=O)c1ccc(C2N3CC4(CO)CN2C(c2ccc(C(=O)OCCOCCOCCOC)cc2)N(C4)C3c2ccc(C(=O)OCCOCCOCCOC)cc2)cc1. The molecule has 0 saturated carbocycles. The highest BCUT2D eigenvalue weighted by atomic mass is 16.6. The van der Waals surface area contributed by atoms with Gasteiger partial charge in [0.2, 0.25) is 0 Å². The molecule has 0 aliphatic carbocycles. The van der Waals surface area contributed by atoms with Gasteiger partial charge in [-0.05, 0) is 53.1 Å². The van der Waals surface area contributed by atoms with Crippen LogP contribution in [0.4, 0.5) is 0 Å². The van der Waals surface area contributed by atoms with Crippen molar-refractivity contribution in [1.82, 2.24) is 14.7 Å². The van der Waals surface area contributed by atoms with E-state index >= 15 is 0 Å². The Morgan fingerprint density at radius 1 is 0.406 bits per heavy atom. The number of hydrogen-bond donors (Lipinski definition) is 1. The highest BCUT2D eigenvalue weighted by Crippen LogP contribution is 2.57. The molecule has 0 aromatic heterocycles.